The summed E-state index contributed by atoms with van der Waals surface area (Å²) < 4.78 is 0. The number of aliphatic hydroxyl groups is 1. The number of carbonyl (C=O) groups is 1. The predicted octanol–water partition coefficient (Wildman–Crippen LogP) is 3.18. The third kappa shape index (κ3) is 7.09. The number of hydrogen-bond acceptors (Lipinski definition) is 2. The summed E-state index contributed by atoms with van der Waals surface area (Å²) in [5.41, 5.74) is 1.41. The molecule has 1 rings (SSSR count). The van der Waals surface area contributed by atoms with Gasteiger partial charge in [0.1, 0.15) is 0 Å². The lowest BCUT2D eigenvalue weighted by atomic mass is 9.94. The third-order valence-electron chi connectivity index (χ3n) is 3.31. The van der Waals surface area contributed by atoms with Crippen LogP contribution in [0.2, 0.25) is 0 Å². The van der Waals surface area contributed by atoms with Gasteiger partial charge in [0.2, 0.25) is 5.91 Å². The van der Waals surface area contributed by atoms with Crippen LogP contribution in [-0.4, -0.2) is 23.2 Å². The summed E-state index contributed by atoms with van der Waals surface area (Å²) in [6, 6.07) is 8.12. The number of amides is 1. The van der Waals surface area contributed by atoms with E-state index in [2.05, 4.69) is 38.2 Å². The fraction of sp³-hybridized carbons (Fsp3) is 0.500. The predicted molar refractivity (Wildman–Crippen MR) is 87.9 cm³/mol. The molecule has 116 valence electrons. The summed E-state index contributed by atoms with van der Waals surface area (Å²) in [7, 11) is 0. The lowest BCUT2D eigenvalue weighted by Crippen LogP contribution is -2.40. The van der Waals surface area contributed by atoms with Crippen LogP contribution in [0.25, 0.3) is 6.08 Å². The lowest BCUT2D eigenvalue weighted by molar-refractivity contribution is -0.117. The summed E-state index contributed by atoms with van der Waals surface area (Å²) in [5.74, 6) is 0.211. The van der Waals surface area contributed by atoms with Crippen LogP contribution in [0.3, 0.4) is 0 Å². The van der Waals surface area contributed by atoms with Gasteiger partial charge in [-0.15, -0.1) is 0 Å². The van der Waals surface area contributed by atoms with Gasteiger partial charge in [-0.1, -0.05) is 45.0 Å². The molecular formula is C18H27NO2. The minimum atomic E-state index is -0.861. The molecule has 0 saturated carbocycles. The van der Waals surface area contributed by atoms with Gasteiger partial charge in [-0.05, 0) is 42.9 Å². The van der Waals surface area contributed by atoms with Crippen LogP contribution in [0.1, 0.15) is 45.2 Å². The maximum absolute atomic E-state index is 11.8. The Labute approximate surface area is 128 Å². The number of aryl methyl sites for hydroxylation is 1. The quantitative estimate of drug-likeness (QED) is 0.757. The number of hydrogen-bond donors (Lipinski definition) is 2. The first-order chi connectivity index (χ1) is 9.82. The van der Waals surface area contributed by atoms with E-state index < -0.39 is 5.60 Å². The largest absolute Gasteiger partial charge is 0.388 e. The average molecular weight is 289 g/mol. The van der Waals surface area contributed by atoms with E-state index in [4.69, 9.17) is 0 Å². The summed E-state index contributed by atoms with van der Waals surface area (Å²) in [6.45, 7) is 8.23. The molecule has 3 heteroatoms. The molecule has 1 aromatic rings. The van der Waals surface area contributed by atoms with Crippen LogP contribution in [0.4, 0.5) is 0 Å². The Hall–Kier alpha value is -1.61. The molecule has 0 spiro atoms. The number of benzene rings is 1. The fourth-order valence-corrected chi connectivity index (χ4v) is 2.32. The Morgan fingerprint density at radius 3 is 2.48 bits per heavy atom. The van der Waals surface area contributed by atoms with Crippen LogP contribution in [0, 0.1) is 5.92 Å². The van der Waals surface area contributed by atoms with Crippen LogP contribution in [-0.2, 0) is 11.2 Å². The van der Waals surface area contributed by atoms with Crippen molar-refractivity contribution in [2.24, 2.45) is 5.92 Å². The number of carbonyl (C=O) groups excluding carboxylic acids is 1. The minimum absolute atomic E-state index is 0.182. The second-order valence-corrected chi connectivity index (χ2v) is 6.24. The van der Waals surface area contributed by atoms with Crippen LogP contribution in [0.5, 0.6) is 0 Å². The van der Waals surface area contributed by atoms with Crippen molar-refractivity contribution in [3.05, 3.63) is 41.5 Å². The van der Waals surface area contributed by atoms with E-state index in [1.54, 1.807) is 13.0 Å². The molecule has 0 aliphatic carbocycles. The second kappa shape index (κ2) is 7.99. The van der Waals surface area contributed by atoms with Gasteiger partial charge in [0.15, 0.2) is 0 Å². The molecule has 21 heavy (non-hydrogen) atoms. The molecule has 1 atom stereocenters. The van der Waals surface area contributed by atoms with E-state index in [-0.39, 0.29) is 12.5 Å². The van der Waals surface area contributed by atoms with E-state index in [0.29, 0.717) is 12.3 Å². The first-order valence-corrected chi connectivity index (χ1v) is 7.59. The molecule has 0 aromatic heterocycles. The van der Waals surface area contributed by atoms with Crippen molar-refractivity contribution in [3.8, 4) is 0 Å². The maximum atomic E-state index is 11.8. The number of nitrogens with one attached hydrogen (secondary N) is 1. The Morgan fingerprint density at radius 2 is 1.95 bits per heavy atom. The van der Waals surface area contributed by atoms with Crippen LogP contribution < -0.4 is 5.32 Å². The smallest absolute Gasteiger partial charge is 0.244 e. The molecule has 0 heterocycles. The van der Waals surface area contributed by atoms with E-state index in [1.165, 1.54) is 11.6 Å². The SMILES string of the molecule is CCc1ccc(C=CC(=O)NCC(C)(O)CC(C)C)cc1. The summed E-state index contributed by atoms with van der Waals surface area (Å²) in [5, 5.41) is 12.9. The minimum Gasteiger partial charge on any atom is -0.388 e. The molecule has 0 fully saturated rings. The molecule has 1 amide bonds. The van der Waals surface area contributed by atoms with Gasteiger partial charge in [0.05, 0.1) is 5.60 Å². The maximum Gasteiger partial charge on any atom is 0.244 e. The van der Waals surface area contributed by atoms with E-state index >= 15 is 0 Å². The van der Waals surface area contributed by atoms with Gasteiger partial charge in [0, 0.05) is 12.6 Å². The molecule has 1 aromatic carbocycles. The molecule has 2 N–H and O–H groups in total. The normalized spacial score (nSPS) is 14.4. The molecule has 0 aliphatic rings. The van der Waals surface area contributed by atoms with Gasteiger partial charge in [-0.25, -0.2) is 0 Å². The Kier molecular flexibility index (Phi) is 6.63. The van der Waals surface area contributed by atoms with Crippen molar-refractivity contribution in [3.63, 3.8) is 0 Å². The standard InChI is InChI=1S/C18H27NO2/c1-5-15-6-8-16(9-7-15)10-11-17(20)19-13-18(4,21)12-14(2)3/h6-11,14,21H,5,12-13H2,1-4H3,(H,19,20). The van der Waals surface area contributed by atoms with Gasteiger partial charge < -0.3 is 10.4 Å². The van der Waals surface area contributed by atoms with Gasteiger partial charge >= 0.3 is 0 Å². The van der Waals surface area contributed by atoms with Crippen LogP contribution in [0.15, 0.2) is 30.3 Å². The van der Waals surface area contributed by atoms with E-state index in [1.807, 2.05) is 12.1 Å². The molecule has 0 radical (unpaired) electrons. The zero-order chi connectivity index (χ0) is 15.9. The molecule has 0 aliphatic heterocycles. The topological polar surface area (TPSA) is 49.3 Å². The Bertz CT molecular complexity index is 472. The highest BCUT2D eigenvalue weighted by atomic mass is 16.3. The first-order valence-electron chi connectivity index (χ1n) is 7.59. The Morgan fingerprint density at radius 1 is 1.33 bits per heavy atom. The van der Waals surface area contributed by atoms with Crippen LogP contribution >= 0.6 is 0 Å². The molecular weight excluding hydrogens is 262 g/mol. The van der Waals surface area contributed by atoms with Gasteiger partial charge in [0.25, 0.3) is 0 Å². The number of rotatable bonds is 7. The first kappa shape index (κ1) is 17.4. The van der Waals surface area contributed by atoms with E-state index in [0.717, 1.165) is 12.0 Å². The third-order valence-corrected chi connectivity index (χ3v) is 3.31. The zero-order valence-corrected chi connectivity index (χ0v) is 13.5. The molecule has 0 bridgehead atoms. The summed E-state index contributed by atoms with van der Waals surface area (Å²) >= 11 is 0. The molecule has 1 unspecified atom stereocenters. The van der Waals surface area contributed by atoms with Crippen molar-refractivity contribution in [1.29, 1.82) is 0 Å². The zero-order valence-electron chi connectivity index (χ0n) is 13.5. The second-order valence-electron chi connectivity index (χ2n) is 6.24. The fourth-order valence-electron chi connectivity index (χ4n) is 2.32. The van der Waals surface area contributed by atoms with Crippen molar-refractivity contribution >= 4 is 12.0 Å². The lowest BCUT2D eigenvalue weighted by Gasteiger charge is -2.25. The highest BCUT2D eigenvalue weighted by Crippen LogP contribution is 2.15. The molecule has 3 nitrogen and oxygen atoms in total. The average Bonchev–Trinajstić information content (AvgIpc) is 2.42. The highest BCUT2D eigenvalue weighted by Gasteiger charge is 2.21. The van der Waals surface area contributed by atoms with E-state index in [9.17, 15) is 9.90 Å². The Balaban J connectivity index is 2.47. The van der Waals surface area contributed by atoms with Gasteiger partial charge in [-0.3, -0.25) is 4.79 Å². The highest BCUT2D eigenvalue weighted by molar-refractivity contribution is 5.91. The molecule has 0 saturated heterocycles. The summed E-state index contributed by atoms with van der Waals surface area (Å²) in [6.07, 6.45) is 4.96. The van der Waals surface area contributed by atoms with Crippen molar-refractivity contribution in [1.82, 2.24) is 5.32 Å². The van der Waals surface area contributed by atoms with Gasteiger partial charge in [-0.2, -0.15) is 0 Å². The van der Waals surface area contributed by atoms with Crippen molar-refractivity contribution in [2.45, 2.75) is 46.1 Å². The summed E-state index contributed by atoms with van der Waals surface area (Å²) in [4.78, 5) is 11.8. The van der Waals surface area contributed by atoms with Crippen molar-refractivity contribution in [2.75, 3.05) is 6.54 Å². The van der Waals surface area contributed by atoms with Crippen molar-refractivity contribution < 1.29 is 9.90 Å². The monoisotopic (exact) mass is 289 g/mol.